The number of pyridine rings is 1. The molecule has 3 heterocycles. The van der Waals surface area contributed by atoms with E-state index in [1.807, 2.05) is 18.3 Å². The van der Waals surface area contributed by atoms with Gasteiger partial charge in [0, 0.05) is 30.0 Å². The van der Waals surface area contributed by atoms with Crippen LogP contribution in [0.5, 0.6) is 5.75 Å². The smallest absolute Gasteiger partial charge is 0.226 e. The van der Waals surface area contributed by atoms with Crippen LogP contribution in [0.25, 0.3) is 11.0 Å². The molecule has 0 saturated heterocycles. The van der Waals surface area contributed by atoms with E-state index in [1.165, 1.54) is 11.3 Å². The summed E-state index contributed by atoms with van der Waals surface area (Å²) in [6.45, 7) is 0.687. The van der Waals surface area contributed by atoms with Gasteiger partial charge in [-0.3, -0.25) is 4.98 Å². The van der Waals surface area contributed by atoms with Crippen molar-refractivity contribution in [3.63, 3.8) is 0 Å². The highest BCUT2D eigenvalue weighted by molar-refractivity contribution is 6.33. The minimum absolute atomic E-state index is 0. The maximum Gasteiger partial charge on any atom is 0.226 e. The monoisotopic (exact) mass is 464 g/mol. The molecular formula is C17H20Cl4N6O. The van der Waals surface area contributed by atoms with Crippen LogP contribution >= 0.6 is 48.0 Å². The Labute approximate surface area is 184 Å². The zero-order valence-corrected chi connectivity index (χ0v) is 17.9. The van der Waals surface area contributed by atoms with Crippen molar-refractivity contribution in [2.75, 3.05) is 18.5 Å². The number of aromatic amines is 1. The van der Waals surface area contributed by atoms with Crippen molar-refractivity contribution in [3.05, 3.63) is 40.0 Å². The lowest BCUT2D eigenvalue weighted by atomic mass is 9.92. The van der Waals surface area contributed by atoms with E-state index in [0.717, 1.165) is 30.3 Å². The number of ether oxygens (including phenoxy) is 1. The summed E-state index contributed by atoms with van der Waals surface area (Å²) in [6, 6.07) is 4.14. The van der Waals surface area contributed by atoms with Crippen molar-refractivity contribution in [1.29, 1.82) is 0 Å². The average Bonchev–Trinajstić information content (AvgIpc) is 2.99. The van der Waals surface area contributed by atoms with Crippen molar-refractivity contribution in [2.45, 2.75) is 25.3 Å². The molecule has 4 N–H and O–H groups in total. The standard InChI is InChI=1S/C17H18Cl2N6O.2ClH/c18-15-14(26-7-5-20)16(25-17(19)24-15)22-9-3-4-11-10(8-9)13-12(23-11)2-1-6-21-13;;/h1-2,6,9,23H,3-5,7-8,20H2,(H,22,24,25);2*1H. The minimum atomic E-state index is 0. The van der Waals surface area contributed by atoms with Crippen LogP contribution < -0.4 is 15.8 Å². The van der Waals surface area contributed by atoms with Gasteiger partial charge in [-0.1, -0.05) is 11.6 Å². The van der Waals surface area contributed by atoms with E-state index < -0.39 is 0 Å². The summed E-state index contributed by atoms with van der Waals surface area (Å²) in [5.74, 6) is 0.870. The van der Waals surface area contributed by atoms with Crippen LogP contribution in [0.1, 0.15) is 17.7 Å². The third-order valence-electron chi connectivity index (χ3n) is 4.44. The first-order chi connectivity index (χ1) is 12.7. The fourth-order valence-electron chi connectivity index (χ4n) is 3.33. The molecule has 0 radical (unpaired) electrons. The van der Waals surface area contributed by atoms with Crippen molar-refractivity contribution in [3.8, 4) is 5.75 Å². The Morgan fingerprint density at radius 1 is 1.29 bits per heavy atom. The highest BCUT2D eigenvalue weighted by Crippen LogP contribution is 2.34. The van der Waals surface area contributed by atoms with Crippen LogP contribution in [-0.4, -0.2) is 39.1 Å². The number of aromatic nitrogens is 4. The van der Waals surface area contributed by atoms with Crippen LogP contribution in [0.15, 0.2) is 18.3 Å². The van der Waals surface area contributed by atoms with Gasteiger partial charge < -0.3 is 20.8 Å². The highest BCUT2D eigenvalue weighted by atomic mass is 35.5. The van der Waals surface area contributed by atoms with E-state index in [-0.39, 0.29) is 41.3 Å². The number of H-pyrrole nitrogens is 1. The SMILES string of the molecule is Cl.Cl.NCCOc1c(Cl)nc(Cl)nc1NC1CCc2[nH]c3cccnc3c2C1. The van der Waals surface area contributed by atoms with Gasteiger partial charge in [0.2, 0.25) is 5.28 Å². The van der Waals surface area contributed by atoms with E-state index in [0.29, 0.717) is 24.7 Å². The molecule has 1 unspecified atom stereocenters. The molecule has 0 saturated carbocycles. The Bertz CT molecular complexity index is 951. The second-order valence-corrected chi connectivity index (χ2v) is 6.86. The fourth-order valence-corrected chi connectivity index (χ4v) is 3.77. The molecule has 3 aromatic heterocycles. The molecule has 152 valence electrons. The Kier molecular flexibility index (Phi) is 7.97. The topological polar surface area (TPSA) is 102 Å². The molecule has 0 amide bonds. The molecule has 28 heavy (non-hydrogen) atoms. The Balaban J connectivity index is 0.00000140. The first kappa shape index (κ1) is 22.8. The summed E-state index contributed by atoms with van der Waals surface area (Å²) >= 11 is 12.1. The molecular weight excluding hydrogens is 446 g/mol. The number of anilines is 1. The largest absolute Gasteiger partial charge is 0.486 e. The highest BCUT2D eigenvalue weighted by Gasteiger charge is 2.25. The number of halogens is 4. The molecule has 11 heteroatoms. The Hall–Kier alpha value is -1.51. The fraction of sp³-hybridized carbons (Fsp3) is 0.353. The summed E-state index contributed by atoms with van der Waals surface area (Å²) in [5, 5.41) is 3.65. The van der Waals surface area contributed by atoms with Gasteiger partial charge in [-0.15, -0.1) is 24.8 Å². The van der Waals surface area contributed by atoms with Gasteiger partial charge in [0.15, 0.2) is 16.7 Å². The number of nitrogens with zero attached hydrogens (tertiary/aromatic N) is 3. The zero-order valence-electron chi connectivity index (χ0n) is 14.7. The molecule has 3 aromatic rings. The molecule has 4 rings (SSSR count). The van der Waals surface area contributed by atoms with Gasteiger partial charge in [0.1, 0.15) is 6.61 Å². The molecule has 1 aliphatic carbocycles. The number of nitrogens with two attached hydrogens (primary N) is 1. The summed E-state index contributed by atoms with van der Waals surface area (Å²) < 4.78 is 5.62. The number of rotatable bonds is 5. The van der Waals surface area contributed by atoms with Crippen molar-refractivity contribution in [1.82, 2.24) is 19.9 Å². The maximum absolute atomic E-state index is 6.17. The zero-order chi connectivity index (χ0) is 18.1. The maximum atomic E-state index is 6.17. The van der Waals surface area contributed by atoms with Crippen molar-refractivity contribution in [2.24, 2.45) is 5.73 Å². The number of nitrogens with one attached hydrogen (secondary N) is 2. The lowest BCUT2D eigenvalue weighted by Crippen LogP contribution is -2.28. The molecule has 1 atom stereocenters. The van der Waals surface area contributed by atoms with E-state index in [4.69, 9.17) is 33.7 Å². The molecule has 1 aliphatic rings. The number of hydrogen-bond donors (Lipinski definition) is 3. The normalized spacial score (nSPS) is 15.3. The molecule has 0 aromatic carbocycles. The first-order valence-electron chi connectivity index (χ1n) is 8.42. The van der Waals surface area contributed by atoms with Crippen molar-refractivity contribution < 1.29 is 4.74 Å². The second kappa shape index (κ2) is 9.80. The lowest BCUT2D eigenvalue weighted by molar-refractivity contribution is 0.327. The predicted molar refractivity (Wildman–Crippen MR) is 117 cm³/mol. The van der Waals surface area contributed by atoms with Crippen molar-refractivity contribution >= 4 is 64.9 Å². The van der Waals surface area contributed by atoms with E-state index >= 15 is 0 Å². The first-order valence-corrected chi connectivity index (χ1v) is 9.18. The van der Waals surface area contributed by atoms with Crippen LogP contribution in [0.4, 0.5) is 5.82 Å². The lowest BCUT2D eigenvalue weighted by Gasteiger charge is -2.25. The van der Waals surface area contributed by atoms with E-state index in [2.05, 4.69) is 25.3 Å². The summed E-state index contributed by atoms with van der Waals surface area (Å²) in [4.78, 5) is 16.2. The average molecular weight is 466 g/mol. The molecule has 0 spiro atoms. The van der Waals surface area contributed by atoms with Crippen LogP contribution in [0, 0.1) is 0 Å². The van der Waals surface area contributed by atoms with Crippen LogP contribution in [0.2, 0.25) is 10.4 Å². The molecule has 0 fully saturated rings. The Morgan fingerprint density at radius 3 is 2.89 bits per heavy atom. The second-order valence-electron chi connectivity index (χ2n) is 6.16. The quantitative estimate of drug-likeness (QED) is 0.391. The predicted octanol–water partition coefficient (Wildman–Crippen LogP) is 3.81. The van der Waals surface area contributed by atoms with Crippen LogP contribution in [0.3, 0.4) is 0 Å². The van der Waals surface area contributed by atoms with Gasteiger partial charge in [0.25, 0.3) is 0 Å². The minimum Gasteiger partial charge on any atom is -0.486 e. The van der Waals surface area contributed by atoms with Gasteiger partial charge in [-0.25, -0.2) is 4.98 Å². The van der Waals surface area contributed by atoms with E-state index in [1.54, 1.807) is 0 Å². The summed E-state index contributed by atoms with van der Waals surface area (Å²) in [7, 11) is 0. The summed E-state index contributed by atoms with van der Waals surface area (Å²) in [6.07, 6.45) is 4.50. The van der Waals surface area contributed by atoms with Gasteiger partial charge in [0.05, 0.1) is 11.0 Å². The van der Waals surface area contributed by atoms with Gasteiger partial charge in [-0.05, 0) is 43.0 Å². The third kappa shape index (κ3) is 4.55. The number of hydrogen-bond acceptors (Lipinski definition) is 6. The third-order valence-corrected chi connectivity index (χ3v) is 4.86. The van der Waals surface area contributed by atoms with Gasteiger partial charge >= 0.3 is 0 Å². The summed E-state index contributed by atoms with van der Waals surface area (Å²) in [5.41, 5.74) is 10.1. The van der Waals surface area contributed by atoms with E-state index in [9.17, 15) is 0 Å². The Morgan fingerprint density at radius 2 is 2.11 bits per heavy atom. The molecule has 7 nitrogen and oxygen atoms in total. The molecule has 0 bridgehead atoms. The number of aryl methyl sites for hydroxylation is 1. The molecule has 0 aliphatic heterocycles. The van der Waals surface area contributed by atoms with Gasteiger partial charge in [-0.2, -0.15) is 4.98 Å². The number of fused-ring (bicyclic) bond motifs is 3. The van der Waals surface area contributed by atoms with Crippen LogP contribution in [-0.2, 0) is 12.8 Å².